The summed E-state index contributed by atoms with van der Waals surface area (Å²) in [4.78, 5) is 26.4. The van der Waals surface area contributed by atoms with Gasteiger partial charge in [0.1, 0.15) is 23.0 Å². The summed E-state index contributed by atoms with van der Waals surface area (Å²) in [7, 11) is 3.61. The third-order valence-electron chi connectivity index (χ3n) is 4.76. The Balaban J connectivity index is 1.84. The number of likely N-dealkylation sites (N-methyl/N-ethyl adjacent to an activating group) is 1. The molecule has 0 aliphatic carbocycles. The number of aromatic nitrogens is 2. The number of rotatable bonds is 3. The molecule has 1 atom stereocenters. The molecule has 5 nitrogen and oxygen atoms in total. The van der Waals surface area contributed by atoms with E-state index in [1.807, 2.05) is 24.3 Å². The second kappa shape index (κ2) is 6.85. The summed E-state index contributed by atoms with van der Waals surface area (Å²) in [6, 6.07) is 7.62. The predicted molar refractivity (Wildman–Crippen MR) is 107 cm³/mol. The number of amides is 1. The predicted octanol–water partition coefficient (Wildman–Crippen LogP) is 4.07. The number of fused-ring (bicyclic) bond motifs is 1. The van der Waals surface area contributed by atoms with Crippen LogP contribution in [0.15, 0.2) is 36.0 Å². The van der Waals surface area contributed by atoms with Crippen LogP contribution in [0.25, 0.3) is 21.3 Å². The van der Waals surface area contributed by atoms with E-state index < -0.39 is 0 Å². The second-order valence-corrected chi connectivity index (χ2v) is 7.91. The van der Waals surface area contributed by atoms with Gasteiger partial charge in [-0.3, -0.25) is 4.79 Å². The van der Waals surface area contributed by atoms with Crippen LogP contribution >= 0.6 is 22.9 Å². The second-order valence-electron chi connectivity index (χ2n) is 6.62. The lowest BCUT2D eigenvalue weighted by Crippen LogP contribution is -2.43. The molecule has 0 unspecified atom stereocenters. The number of halogens is 1. The fraction of sp³-hybridized carbons (Fsp3) is 0.316. The van der Waals surface area contributed by atoms with Gasteiger partial charge in [0.15, 0.2) is 0 Å². The van der Waals surface area contributed by atoms with Gasteiger partial charge in [0, 0.05) is 36.6 Å². The molecule has 7 heteroatoms. The number of thiophene rings is 1. The maximum atomic E-state index is 12.6. The van der Waals surface area contributed by atoms with E-state index in [1.165, 1.54) is 0 Å². The van der Waals surface area contributed by atoms with E-state index >= 15 is 0 Å². The monoisotopic (exact) mass is 386 g/mol. The molecule has 2 aromatic heterocycles. The first-order valence-corrected chi connectivity index (χ1v) is 9.78. The van der Waals surface area contributed by atoms with Gasteiger partial charge in [-0.2, -0.15) is 0 Å². The van der Waals surface area contributed by atoms with E-state index in [0.29, 0.717) is 5.02 Å². The minimum atomic E-state index is -0.166. The standard InChI is InChI=1S/C19H19ClN4OS/c1-23(2)19(25)15-4-3-9-24(15)17-16-14(10-26-18(16)22-11-21-17)12-5-7-13(20)8-6-12/h5-8,10-11,15H,3-4,9H2,1-2H3/t15-/m0/s1. The van der Waals surface area contributed by atoms with Crippen LogP contribution < -0.4 is 4.90 Å². The van der Waals surface area contributed by atoms with E-state index in [-0.39, 0.29) is 11.9 Å². The molecule has 1 amide bonds. The Hall–Kier alpha value is -2.18. The van der Waals surface area contributed by atoms with Crippen molar-refractivity contribution in [2.45, 2.75) is 18.9 Å². The maximum absolute atomic E-state index is 12.6. The van der Waals surface area contributed by atoms with Crippen molar-refractivity contribution in [3.63, 3.8) is 0 Å². The quantitative estimate of drug-likeness (QED) is 0.680. The van der Waals surface area contributed by atoms with E-state index in [2.05, 4.69) is 20.2 Å². The molecule has 0 N–H and O–H groups in total. The van der Waals surface area contributed by atoms with Crippen molar-refractivity contribution in [2.24, 2.45) is 0 Å². The molecule has 1 aliphatic rings. The van der Waals surface area contributed by atoms with Gasteiger partial charge in [-0.1, -0.05) is 23.7 Å². The first-order chi connectivity index (χ1) is 12.6. The Kier molecular flexibility index (Phi) is 4.54. The summed E-state index contributed by atoms with van der Waals surface area (Å²) in [5.74, 6) is 0.969. The Labute approximate surface area is 161 Å². The molecule has 134 valence electrons. The first-order valence-electron chi connectivity index (χ1n) is 8.52. The van der Waals surface area contributed by atoms with Crippen LogP contribution in [0, 0.1) is 0 Å². The zero-order valence-corrected chi connectivity index (χ0v) is 16.2. The molecular weight excluding hydrogens is 368 g/mol. The van der Waals surface area contributed by atoms with Gasteiger partial charge in [0.2, 0.25) is 5.91 Å². The number of carbonyl (C=O) groups excluding carboxylic acids is 1. The van der Waals surface area contributed by atoms with Crippen molar-refractivity contribution in [3.05, 3.63) is 41.0 Å². The lowest BCUT2D eigenvalue weighted by atomic mass is 10.1. The van der Waals surface area contributed by atoms with Crippen molar-refractivity contribution in [3.8, 4) is 11.1 Å². The van der Waals surface area contributed by atoms with Crippen molar-refractivity contribution < 1.29 is 4.79 Å². The smallest absolute Gasteiger partial charge is 0.244 e. The summed E-state index contributed by atoms with van der Waals surface area (Å²) in [5, 5.41) is 3.82. The summed E-state index contributed by atoms with van der Waals surface area (Å²) in [5.41, 5.74) is 2.16. The molecule has 1 saturated heterocycles. The van der Waals surface area contributed by atoms with Crippen molar-refractivity contribution >= 4 is 44.9 Å². The van der Waals surface area contributed by atoms with E-state index in [4.69, 9.17) is 11.6 Å². The number of benzene rings is 1. The third-order valence-corrected chi connectivity index (χ3v) is 5.89. The number of hydrogen-bond acceptors (Lipinski definition) is 5. The summed E-state index contributed by atoms with van der Waals surface area (Å²) >= 11 is 7.63. The van der Waals surface area contributed by atoms with Crippen LogP contribution in [0.4, 0.5) is 5.82 Å². The van der Waals surface area contributed by atoms with E-state index in [9.17, 15) is 4.79 Å². The van der Waals surface area contributed by atoms with Gasteiger partial charge < -0.3 is 9.80 Å². The highest BCUT2D eigenvalue weighted by atomic mass is 35.5. The van der Waals surface area contributed by atoms with Crippen LogP contribution in [-0.2, 0) is 4.79 Å². The number of hydrogen-bond donors (Lipinski definition) is 0. The Morgan fingerprint density at radius 1 is 1.27 bits per heavy atom. The van der Waals surface area contributed by atoms with Crippen LogP contribution in [0.3, 0.4) is 0 Å². The topological polar surface area (TPSA) is 49.3 Å². The zero-order chi connectivity index (χ0) is 18.3. The van der Waals surface area contributed by atoms with Crippen molar-refractivity contribution in [2.75, 3.05) is 25.5 Å². The molecule has 1 fully saturated rings. The molecule has 1 aromatic carbocycles. The molecule has 1 aliphatic heterocycles. The van der Waals surface area contributed by atoms with Gasteiger partial charge in [0.25, 0.3) is 0 Å². The molecule has 3 heterocycles. The van der Waals surface area contributed by atoms with E-state index in [0.717, 1.165) is 46.5 Å². The third kappa shape index (κ3) is 2.93. The van der Waals surface area contributed by atoms with Gasteiger partial charge in [-0.25, -0.2) is 9.97 Å². The minimum absolute atomic E-state index is 0.123. The lowest BCUT2D eigenvalue weighted by molar-refractivity contribution is -0.129. The Morgan fingerprint density at radius 2 is 2.04 bits per heavy atom. The van der Waals surface area contributed by atoms with Crippen LogP contribution in [0.5, 0.6) is 0 Å². The van der Waals surface area contributed by atoms with E-state index in [1.54, 1.807) is 36.7 Å². The SMILES string of the molecule is CN(C)C(=O)[C@@H]1CCCN1c1ncnc2scc(-c3ccc(Cl)cc3)c12. The summed E-state index contributed by atoms with van der Waals surface area (Å²) in [6.07, 6.45) is 3.43. The average molecular weight is 387 g/mol. The maximum Gasteiger partial charge on any atom is 0.244 e. The molecule has 0 saturated carbocycles. The fourth-order valence-corrected chi connectivity index (χ4v) is 4.53. The van der Waals surface area contributed by atoms with Crippen molar-refractivity contribution in [1.29, 1.82) is 0 Å². The molecular formula is C19H19ClN4OS. The lowest BCUT2D eigenvalue weighted by Gasteiger charge is -2.27. The van der Waals surface area contributed by atoms with Gasteiger partial charge in [-0.05, 0) is 30.5 Å². The fourth-order valence-electron chi connectivity index (χ4n) is 3.49. The highest BCUT2D eigenvalue weighted by Gasteiger charge is 2.34. The summed E-state index contributed by atoms with van der Waals surface area (Å²) in [6.45, 7) is 0.826. The molecule has 26 heavy (non-hydrogen) atoms. The van der Waals surface area contributed by atoms with Crippen LogP contribution in [-0.4, -0.2) is 47.5 Å². The molecule has 0 spiro atoms. The van der Waals surface area contributed by atoms with Gasteiger partial charge in [-0.15, -0.1) is 11.3 Å². The van der Waals surface area contributed by atoms with Crippen molar-refractivity contribution in [1.82, 2.24) is 14.9 Å². The molecule has 4 rings (SSSR count). The number of nitrogens with zero attached hydrogens (tertiary/aromatic N) is 4. The van der Waals surface area contributed by atoms with Gasteiger partial charge >= 0.3 is 0 Å². The molecule has 0 bridgehead atoms. The summed E-state index contributed by atoms with van der Waals surface area (Å²) < 4.78 is 0. The first kappa shape index (κ1) is 17.2. The highest BCUT2D eigenvalue weighted by Crippen LogP contribution is 2.40. The van der Waals surface area contributed by atoms with Crippen LogP contribution in [0.1, 0.15) is 12.8 Å². The largest absolute Gasteiger partial charge is 0.347 e. The average Bonchev–Trinajstić information content (AvgIpc) is 3.28. The number of anilines is 1. The minimum Gasteiger partial charge on any atom is -0.347 e. The Bertz CT molecular complexity index is 954. The Morgan fingerprint density at radius 3 is 2.77 bits per heavy atom. The number of carbonyl (C=O) groups is 1. The normalized spacial score (nSPS) is 17.0. The zero-order valence-electron chi connectivity index (χ0n) is 14.6. The van der Waals surface area contributed by atoms with Crippen LogP contribution in [0.2, 0.25) is 5.02 Å². The molecule has 3 aromatic rings. The van der Waals surface area contributed by atoms with Gasteiger partial charge in [0.05, 0.1) is 5.39 Å². The molecule has 0 radical (unpaired) electrons. The highest BCUT2D eigenvalue weighted by molar-refractivity contribution is 7.17.